The molecule has 1 aromatic heterocycles. The van der Waals surface area contributed by atoms with Crippen molar-refractivity contribution in [3.8, 4) is 17.2 Å². The van der Waals surface area contributed by atoms with Crippen LogP contribution in [0.4, 0.5) is 5.95 Å². The maximum atomic E-state index is 9.24. The van der Waals surface area contributed by atoms with E-state index in [2.05, 4.69) is 20.2 Å². The molecule has 2 aromatic rings. The molecule has 1 aromatic carbocycles. The van der Waals surface area contributed by atoms with Gasteiger partial charge in [-0.25, -0.2) is 9.97 Å². The number of aromatic hydroxyl groups is 1. The minimum atomic E-state index is 0.212. The third kappa shape index (κ3) is 3.61. The van der Waals surface area contributed by atoms with Crippen molar-refractivity contribution < 1.29 is 9.84 Å². The van der Waals surface area contributed by atoms with Crippen LogP contribution >= 0.6 is 0 Å². The van der Waals surface area contributed by atoms with Gasteiger partial charge < -0.3 is 20.1 Å². The van der Waals surface area contributed by atoms with E-state index in [-0.39, 0.29) is 5.75 Å². The second kappa shape index (κ2) is 6.41. The van der Waals surface area contributed by atoms with Crippen LogP contribution in [0.15, 0.2) is 36.7 Å². The monoisotopic (exact) mass is 286 g/mol. The number of phenols is 1. The zero-order valence-electron chi connectivity index (χ0n) is 11.7. The van der Waals surface area contributed by atoms with Gasteiger partial charge in [-0.2, -0.15) is 0 Å². The molecule has 6 nitrogen and oxygen atoms in total. The summed E-state index contributed by atoms with van der Waals surface area (Å²) in [6, 6.07) is 6.55. The van der Waals surface area contributed by atoms with E-state index in [4.69, 9.17) is 4.74 Å². The number of ether oxygens (including phenoxy) is 1. The highest BCUT2D eigenvalue weighted by Gasteiger charge is 2.12. The lowest BCUT2D eigenvalue weighted by molar-refractivity contribution is 0.462. The number of phenolic OH excluding ortho intramolecular Hbond substituents is 1. The molecule has 0 saturated carbocycles. The number of aromatic nitrogens is 2. The summed E-state index contributed by atoms with van der Waals surface area (Å²) >= 11 is 0. The van der Waals surface area contributed by atoms with Crippen LogP contribution in [0.25, 0.3) is 0 Å². The van der Waals surface area contributed by atoms with Crippen molar-refractivity contribution in [1.29, 1.82) is 0 Å². The van der Waals surface area contributed by atoms with E-state index in [1.54, 1.807) is 36.7 Å². The number of rotatable bonds is 3. The lowest BCUT2D eigenvalue weighted by Crippen LogP contribution is -2.29. The number of nitrogens with one attached hydrogen (secondary N) is 1. The summed E-state index contributed by atoms with van der Waals surface area (Å²) in [7, 11) is 0. The normalized spacial score (nSPS) is 15.5. The smallest absolute Gasteiger partial charge is 0.225 e. The van der Waals surface area contributed by atoms with E-state index in [0.29, 0.717) is 11.5 Å². The van der Waals surface area contributed by atoms with Crippen molar-refractivity contribution in [3.05, 3.63) is 36.7 Å². The van der Waals surface area contributed by atoms with Crippen LogP contribution in [-0.2, 0) is 0 Å². The highest BCUT2D eigenvalue weighted by Crippen LogP contribution is 2.23. The van der Waals surface area contributed by atoms with E-state index in [0.717, 1.165) is 38.5 Å². The summed E-state index contributed by atoms with van der Waals surface area (Å²) in [6.07, 6.45) is 4.44. The van der Waals surface area contributed by atoms with Gasteiger partial charge in [-0.05, 0) is 37.2 Å². The molecule has 0 radical (unpaired) electrons. The average molecular weight is 286 g/mol. The Bertz CT molecular complexity index is 563. The van der Waals surface area contributed by atoms with Gasteiger partial charge in [-0.3, -0.25) is 0 Å². The van der Waals surface area contributed by atoms with Crippen LogP contribution in [0.3, 0.4) is 0 Å². The van der Waals surface area contributed by atoms with E-state index in [9.17, 15) is 5.11 Å². The summed E-state index contributed by atoms with van der Waals surface area (Å²) in [5, 5.41) is 12.6. The molecule has 0 unspecified atom stereocenters. The molecule has 110 valence electrons. The third-order valence-electron chi connectivity index (χ3n) is 3.31. The van der Waals surface area contributed by atoms with Gasteiger partial charge in [0.25, 0.3) is 0 Å². The van der Waals surface area contributed by atoms with Crippen LogP contribution in [0.2, 0.25) is 0 Å². The highest BCUT2D eigenvalue weighted by molar-refractivity contribution is 5.35. The molecule has 1 aliphatic heterocycles. The van der Waals surface area contributed by atoms with Crippen LogP contribution in [0.5, 0.6) is 17.2 Å². The Morgan fingerprint density at radius 3 is 2.52 bits per heavy atom. The fraction of sp³-hybridized carbons (Fsp3) is 0.333. The van der Waals surface area contributed by atoms with Crippen LogP contribution in [0, 0.1) is 0 Å². The lowest BCUT2D eigenvalue weighted by Gasteiger charge is -2.19. The third-order valence-corrected chi connectivity index (χ3v) is 3.31. The first-order valence-electron chi connectivity index (χ1n) is 7.06. The Labute approximate surface area is 123 Å². The van der Waals surface area contributed by atoms with E-state index < -0.39 is 0 Å². The summed E-state index contributed by atoms with van der Waals surface area (Å²) < 4.78 is 5.63. The van der Waals surface area contributed by atoms with Gasteiger partial charge in [0.2, 0.25) is 5.95 Å². The standard InChI is InChI=1S/C15H18N4O2/c20-12-2-4-13(5-3-12)21-14-10-17-15(18-11-14)19-8-1-6-16-7-9-19/h2-5,10-11,16,20H,1,6-9H2. The van der Waals surface area contributed by atoms with Gasteiger partial charge in [0, 0.05) is 19.6 Å². The summed E-state index contributed by atoms with van der Waals surface area (Å²) in [5.41, 5.74) is 0. The quantitative estimate of drug-likeness (QED) is 0.896. The molecule has 0 amide bonds. The lowest BCUT2D eigenvalue weighted by atomic mass is 10.3. The molecule has 2 N–H and O–H groups in total. The predicted molar refractivity (Wildman–Crippen MR) is 79.9 cm³/mol. The van der Waals surface area contributed by atoms with Crippen LogP contribution in [-0.4, -0.2) is 41.3 Å². The molecule has 0 aliphatic carbocycles. The Hall–Kier alpha value is -2.34. The van der Waals surface area contributed by atoms with Crippen LogP contribution in [0.1, 0.15) is 6.42 Å². The zero-order chi connectivity index (χ0) is 14.5. The topological polar surface area (TPSA) is 70.5 Å². The van der Waals surface area contributed by atoms with Gasteiger partial charge >= 0.3 is 0 Å². The molecule has 6 heteroatoms. The van der Waals surface area contributed by atoms with Gasteiger partial charge in [-0.1, -0.05) is 0 Å². The number of anilines is 1. The predicted octanol–water partition coefficient (Wildman–Crippen LogP) is 1.77. The first kappa shape index (κ1) is 13.6. The summed E-state index contributed by atoms with van der Waals surface area (Å²) in [4.78, 5) is 10.9. The molecule has 0 atom stereocenters. The van der Waals surface area contributed by atoms with Crippen molar-refractivity contribution in [2.75, 3.05) is 31.1 Å². The molecule has 1 aliphatic rings. The Balaban J connectivity index is 1.67. The average Bonchev–Trinajstić information content (AvgIpc) is 2.80. The van der Waals surface area contributed by atoms with Crippen molar-refractivity contribution in [3.63, 3.8) is 0 Å². The largest absolute Gasteiger partial charge is 0.508 e. The fourth-order valence-electron chi connectivity index (χ4n) is 2.22. The second-order valence-corrected chi connectivity index (χ2v) is 4.91. The van der Waals surface area contributed by atoms with Gasteiger partial charge in [0.05, 0.1) is 12.4 Å². The minimum Gasteiger partial charge on any atom is -0.508 e. The highest BCUT2D eigenvalue weighted by atomic mass is 16.5. The zero-order valence-corrected chi connectivity index (χ0v) is 11.7. The van der Waals surface area contributed by atoms with E-state index in [1.165, 1.54) is 0 Å². The molecule has 3 rings (SSSR count). The minimum absolute atomic E-state index is 0.212. The maximum absolute atomic E-state index is 9.24. The molecule has 0 bridgehead atoms. The molecule has 0 spiro atoms. The summed E-state index contributed by atoms with van der Waals surface area (Å²) in [6.45, 7) is 3.87. The first-order chi connectivity index (χ1) is 10.3. The van der Waals surface area contributed by atoms with Crippen molar-refractivity contribution >= 4 is 5.95 Å². The maximum Gasteiger partial charge on any atom is 0.225 e. The van der Waals surface area contributed by atoms with Crippen molar-refractivity contribution in [2.24, 2.45) is 0 Å². The van der Waals surface area contributed by atoms with Gasteiger partial charge in [0.1, 0.15) is 11.5 Å². The van der Waals surface area contributed by atoms with Crippen molar-refractivity contribution in [2.45, 2.75) is 6.42 Å². The number of benzene rings is 1. The van der Waals surface area contributed by atoms with Gasteiger partial charge in [0.15, 0.2) is 5.75 Å². The molecule has 1 fully saturated rings. The molecule has 1 saturated heterocycles. The molecular weight excluding hydrogens is 268 g/mol. The summed E-state index contributed by atoms with van der Waals surface area (Å²) in [5.74, 6) is 2.17. The number of hydrogen-bond acceptors (Lipinski definition) is 6. The number of nitrogens with zero attached hydrogens (tertiary/aromatic N) is 3. The number of hydrogen-bond donors (Lipinski definition) is 2. The SMILES string of the molecule is Oc1ccc(Oc2cnc(N3CCCNCC3)nc2)cc1. The Kier molecular flexibility index (Phi) is 4.16. The molecule has 21 heavy (non-hydrogen) atoms. The van der Waals surface area contributed by atoms with Crippen molar-refractivity contribution in [1.82, 2.24) is 15.3 Å². The Morgan fingerprint density at radius 2 is 1.76 bits per heavy atom. The van der Waals surface area contributed by atoms with E-state index in [1.807, 2.05) is 0 Å². The first-order valence-corrected chi connectivity index (χ1v) is 7.06. The molecule has 2 heterocycles. The fourth-order valence-corrected chi connectivity index (χ4v) is 2.22. The van der Waals surface area contributed by atoms with Gasteiger partial charge in [-0.15, -0.1) is 0 Å². The van der Waals surface area contributed by atoms with E-state index >= 15 is 0 Å². The Morgan fingerprint density at radius 1 is 1.00 bits per heavy atom. The molecular formula is C15H18N4O2. The second-order valence-electron chi connectivity index (χ2n) is 4.91. The van der Waals surface area contributed by atoms with Crippen LogP contribution < -0.4 is 15.0 Å².